The first kappa shape index (κ1) is 16.7. The topological polar surface area (TPSA) is 20.2 Å². The first-order valence-corrected chi connectivity index (χ1v) is 7.32. The Kier molecular flexibility index (Phi) is 10.6. The van der Waals surface area contributed by atoms with Crippen molar-refractivity contribution in [2.75, 3.05) is 6.61 Å². The third-order valence-corrected chi connectivity index (χ3v) is 3.44. The van der Waals surface area contributed by atoms with Crippen molar-refractivity contribution in [2.45, 2.75) is 72.6 Å². The molecule has 0 saturated heterocycles. The summed E-state index contributed by atoms with van der Waals surface area (Å²) in [6.07, 6.45) is 11.2. The number of aliphatic hydroxyl groups excluding tert-OH is 1. The van der Waals surface area contributed by atoms with E-state index in [0.29, 0.717) is 0 Å². The van der Waals surface area contributed by atoms with Crippen LogP contribution in [0, 0.1) is 11.8 Å². The van der Waals surface area contributed by atoms with Crippen LogP contribution < -0.4 is 0 Å². The van der Waals surface area contributed by atoms with E-state index >= 15 is 0 Å². The van der Waals surface area contributed by atoms with Gasteiger partial charge in [0.1, 0.15) is 0 Å². The zero-order valence-electron chi connectivity index (χ0n) is 12.3. The molecule has 17 heavy (non-hydrogen) atoms. The molecule has 0 heterocycles. The maximum absolute atomic E-state index is 8.76. The smallest absolute Gasteiger partial charge is 0.0614 e. The van der Waals surface area contributed by atoms with E-state index in [1.54, 1.807) is 0 Å². The summed E-state index contributed by atoms with van der Waals surface area (Å²) in [4.78, 5) is 0. The van der Waals surface area contributed by atoms with Gasteiger partial charge in [-0.2, -0.15) is 0 Å². The molecule has 0 aromatic carbocycles. The lowest BCUT2D eigenvalue weighted by atomic mass is 9.95. The number of allylic oxidation sites excluding steroid dienone is 1. The Morgan fingerprint density at radius 3 is 2.18 bits per heavy atom. The Labute approximate surface area is 108 Å². The minimum atomic E-state index is 0.191. The van der Waals surface area contributed by atoms with E-state index < -0.39 is 0 Å². The molecule has 0 rings (SSSR count). The third-order valence-electron chi connectivity index (χ3n) is 3.44. The summed E-state index contributed by atoms with van der Waals surface area (Å²) >= 11 is 0. The van der Waals surface area contributed by atoms with Crippen molar-refractivity contribution in [1.82, 2.24) is 0 Å². The molecular weight excluding hydrogens is 208 g/mol. The van der Waals surface area contributed by atoms with Crippen LogP contribution in [0.1, 0.15) is 72.6 Å². The van der Waals surface area contributed by atoms with Crippen molar-refractivity contribution in [3.8, 4) is 0 Å². The van der Waals surface area contributed by atoms with Crippen molar-refractivity contribution < 1.29 is 5.11 Å². The van der Waals surface area contributed by atoms with Gasteiger partial charge in [0.2, 0.25) is 0 Å². The van der Waals surface area contributed by atoms with Crippen LogP contribution in [0.25, 0.3) is 0 Å². The molecule has 0 fully saturated rings. The number of rotatable bonds is 10. The highest BCUT2D eigenvalue weighted by atomic mass is 16.2. The van der Waals surface area contributed by atoms with E-state index in [2.05, 4.69) is 27.7 Å². The van der Waals surface area contributed by atoms with E-state index in [1.807, 2.05) is 6.08 Å². The van der Waals surface area contributed by atoms with Gasteiger partial charge < -0.3 is 5.11 Å². The van der Waals surface area contributed by atoms with Gasteiger partial charge in [0.15, 0.2) is 0 Å². The Morgan fingerprint density at radius 1 is 1.00 bits per heavy atom. The molecule has 0 aromatic rings. The van der Waals surface area contributed by atoms with E-state index in [0.717, 1.165) is 18.3 Å². The van der Waals surface area contributed by atoms with Gasteiger partial charge in [-0.05, 0) is 31.6 Å². The highest BCUT2D eigenvalue weighted by Crippen LogP contribution is 2.18. The molecule has 1 nitrogen and oxygen atoms in total. The van der Waals surface area contributed by atoms with Crippen LogP contribution in [-0.2, 0) is 0 Å². The van der Waals surface area contributed by atoms with Crippen LogP contribution in [0.4, 0.5) is 0 Å². The van der Waals surface area contributed by atoms with Gasteiger partial charge >= 0.3 is 0 Å². The fourth-order valence-corrected chi connectivity index (χ4v) is 2.18. The molecule has 1 atom stereocenters. The van der Waals surface area contributed by atoms with Gasteiger partial charge in [-0.15, -0.1) is 0 Å². The summed E-state index contributed by atoms with van der Waals surface area (Å²) < 4.78 is 0. The van der Waals surface area contributed by atoms with Crippen molar-refractivity contribution in [3.63, 3.8) is 0 Å². The highest BCUT2D eigenvalue weighted by molar-refractivity contribution is 4.97. The van der Waals surface area contributed by atoms with Crippen LogP contribution in [-0.4, -0.2) is 11.7 Å². The van der Waals surface area contributed by atoms with E-state index in [-0.39, 0.29) is 6.61 Å². The predicted molar refractivity (Wildman–Crippen MR) is 77.2 cm³/mol. The zero-order valence-corrected chi connectivity index (χ0v) is 12.3. The van der Waals surface area contributed by atoms with Crippen molar-refractivity contribution in [2.24, 2.45) is 11.8 Å². The average molecular weight is 240 g/mol. The van der Waals surface area contributed by atoms with Crippen LogP contribution in [0.15, 0.2) is 11.6 Å². The first-order chi connectivity index (χ1) is 8.06. The Hall–Kier alpha value is -0.300. The van der Waals surface area contributed by atoms with Crippen molar-refractivity contribution >= 4 is 0 Å². The second-order valence-corrected chi connectivity index (χ2v) is 5.91. The predicted octanol–water partition coefficient (Wildman–Crippen LogP) is 4.95. The SMILES string of the molecule is CC(=CCO)CCCC(C)CCCCC(C)C. The molecule has 0 aromatic heterocycles. The lowest BCUT2D eigenvalue weighted by molar-refractivity contribution is 0.341. The second kappa shape index (κ2) is 10.8. The summed E-state index contributed by atoms with van der Waals surface area (Å²) in [6, 6.07) is 0. The number of aliphatic hydroxyl groups is 1. The zero-order chi connectivity index (χ0) is 13.1. The van der Waals surface area contributed by atoms with Crippen LogP contribution in [0.3, 0.4) is 0 Å². The number of unbranched alkanes of at least 4 members (excludes halogenated alkanes) is 1. The van der Waals surface area contributed by atoms with E-state index in [9.17, 15) is 0 Å². The first-order valence-electron chi connectivity index (χ1n) is 7.32. The summed E-state index contributed by atoms with van der Waals surface area (Å²) in [5.41, 5.74) is 1.33. The van der Waals surface area contributed by atoms with Gasteiger partial charge in [-0.25, -0.2) is 0 Å². The normalized spacial score (nSPS) is 14.4. The van der Waals surface area contributed by atoms with Gasteiger partial charge in [-0.3, -0.25) is 0 Å². The maximum Gasteiger partial charge on any atom is 0.0614 e. The van der Waals surface area contributed by atoms with Gasteiger partial charge in [-0.1, -0.05) is 64.5 Å². The molecule has 102 valence electrons. The Balaban J connectivity index is 3.40. The lowest BCUT2D eigenvalue weighted by Crippen LogP contribution is -1.96. The Bertz CT molecular complexity index is 194. The quantitative estimate of drug-likeness (QED) is 0.423. The number of hydrogen-bond acceptors (Lipinski definition) is 1. The molecule has 0 aliphatic heterocycles. The van der Waals surface area contributed by atoms with Crippen LogP contribution in [0.2, 0.25) is 0 Å². The molecule has 0 aliphatic carbocycles. The van der Waals surface area contributed by atoms with Crippen LogP contribution >= 0.6 is 0 Å². The van der Waals surface area contributed by atoms with Gasteiger partial charge in [0, 0.05) is 0 Å². The molecule has 0 spiro atoms. The maximum atomic E-state index is 8.76. The highest BCUT2D eigenvalue weighted by Gasteiger charge is 2.03. The molecule has 1 unspecified atom stereocenters. The summed E-state index contributed by atoms with van der Waals surface area (Å²) in [7, 11) is 0. The monoisotopic (exact) mass is 240 g/mol. The van der Waals surface area contributed by atoms with E-state index in [4.69, 9.17) is 5.11 Å². The minimum Gasteiger partial charge on any atom is -0.392 e. The summed E-state index contributed by atoms with van der Waals surface area (Å²) in [5, 5.41) is 8.76. The molecule has 0 bridgehead atoms. The molecule has 0 amide bonds. The molecule has 0 aliphatic rings. The molecule has 0 radical (unpaired) electrons. The molecular formula is C16H32O. The van der Waals surface area contributed by atoms with Gasteiger partial charge in [0.25, 0.3) is 0 Å². The van der Waals surface area contributed by atoms with Crippen molar-refractivity contribution in [1.29, 1.82) is 0 Å². The summed E-state index contributed by atoms with van der Waals surface area (Å²) in [6.45, 7) is 9.29. The fraction of sp³-hybridized carbons (Fsp3) is 0.875. The third kappa shape index (κ3) is 12.0. The summed E-state index contributed by atoms with van der Waals surface area (Å²) in [5.74, 6) is 1.72. The lowest BCUT2D eigenvalue weighted by Gasteiger charge is -2.11. The number of hydrogen-bond donors (Lipinski definition) is 1. The second-order valence-electron chi connectivity index (χ2n) is 5.91. The molecule has 1 heteroatoms. The van der Waals surface area contributed by atoms with E-state index in [1.165, 1.54) is 44.1 Å². The average Bonchev–Trinajstić information content (AvgIpc) is 2.24. The Morgan fingerprint density at radius 2 is 1.59 bits per heavy atom. The standard InChI is InChI=1S/C16H32O/c1-14(2)8-5-6-9-15(3)10-7-11-16(4)12-13-17/h12,14-15,17H,5-11,13H2,1-4H3. The molecule has 1 N–H and O–H groups in total. The van der Waals surface area contributed by atoms with Crippen molar-refractivity contribution in [3.05, 3.63) is 11.6 Å². The molecule has 0 saturated carbocycles. The van der Waals surface area contributed by atoms with Crippen LogP contribution in [0.5, 0.6) is 0 Å². The largest absolute Gasteiger partial charge is 0.392 e. The fourth-order valence-electron chi connectivity index (χ4n) is 2.18. The minimum absolute atomic E-state index is 0.191. The van der Waals surface area contributed by atoms with Gasteiger partial charge in [0.05, 0.1) is 6.61 Å².